The van der Waals surface area contributed by atoms with E-state index in [9.17, 15) is 9.59 Å². The largest absolute Gasteiger partial charge is 0.354 e. The molecule has 0 aliphatic carbocycles. The van der Waals surface area contributed by atoms with Gasteiger partial charge >= 0.3 is 0 Å². The van der Waals surface area contributed by atoms with Crippen molar-refractivity contribution in [1.29, 1.82) is 0 Å². The third-order valence-corrected chi connectivity index (χ3v) is 3.46. The number of carbonyl (C=O) groups excluding carboxylic acids is 2. The lowest BCUT2D eigenvalue weighted by Gasteiger charge is -2.18. The summed E-state index contributed by atoms with van der Waals surface area (Å²) in [4.78, 5) is 29.7. The molecule has 1 aliphatic rings. The van der Waals surface area contributed by atoms with Crippen LogP contribution in [0.3, 0.4) is 0 Å². The normalized spacial score (nSPS) is 16.8. The van der Waals surface area contributed by atoms with Gasteiger partial charge in [0, 0.05) is 26.1 Å². The third kappa shape index (κ3) is 2.21. The van der Waals surface area contributed by atoms with Gasteiger partial charge < -0.3 is 10.2 Å². The van der Waals surface area contributed by atoms with Crippen LogP contribution in [0.25, 0.3) is 0 Å². The molecule has 1 aliphatic heterocycles. The highest BCUT2D eigenvalue weighted by Gasteiger charge is 2.22. The van der Waals surface area contributed by atoms with E-state index in [0.29, 0.717) is 30.9 Å². The predicted molar refractivity (Wildman–Crippen MR) is 60.4 cm³/mol. The third-order valence-electron chi connectivity index (χ3n) is 2.54. The monoisotopic (exact) mass is 239 g/mol. The van der Waals surface area contributed by atoms with Crippen molar-refractivity contribution in [3.63, 3.8) is 0 Å². The van der Waals surface area contributed by atoms with Gasteiger partial charge in [-0.3, -0.25) is 9.59 Å². The van der Waals surface area contributed by atoms with Crippen LogP contribution in [-0.2, 0) is 4.79 Å². The Labute approximate surface area is 97.5 Å². The van der Waals surface area contributed by atoms with Gasteiger partial charge in [-0.1, -0.05) is 0 Å². The molecule has 2 heterocycles. The van der Waals surface area contributed by atoms with Crippen LogP contribution in [0.5, 0.6) is 0 Å². The molecule has 1 N–H and O–H groups in total. The van der Waals surface area contributed by atoms with E-state index in [4.69, 9.17) is 0 Å². The van der Waals surface area contributed by atoms with Gasteiger partial charge in [-0.15, -0.1) is 11.3 Å². The molecule has 1 saturated heterocycles. The van der Waals surface area contributed by atoms with Crippen molar-refractivity contribution in [3.05, 3.63) is 16.1 Å². The maximum absolute atomic E-state index is 12.1. The Kier molecular flexibility index (Phi) is 3.19. The van der Waals surface area contributed by atoms with Gasteiger partial charge in [0.25, 0.3) is 5.91 Å². The van der Waals surface area contributed by atoms with E-state index in [1.54, 1.807) is 10.4 Å². The summed E-state index contributed by atoms with van der Waals surface area (Å²) in [6.07, 6.45) is 0.379. The zero-order valence-corrected chi connectivity index (χ0v) is 9.84. The zero-order valence-electron chi connectivity index (χ0n) is 9.02. The number of nitrogens with zero attached hydrogens (tertiary/aromatic N) is 2. The summed E-state index contributed by atoms with van der Waals surface area (Å²) >= 11 is 1.35. The molecule has 0 aromatic carbocycles. The molecule has 1 aromatic heterocycles. The highest BCUT2D eigenvalue weighted by atomic mass is 32.1. The fourth-order valence-corrected chi connectivity index (χ4v) is 2.39. The first-order valence-corrected chi connectivity index (χ1v) is 6.02. The smallest absolute Gasteiger partial charge is 0.265 e. The number of nitrogens with one attached hydrogen (secondary N) is 1. The van der Waals surface area contributed by atoms with Crippen molar-refractivity contribution in [2.45, 2.75) is 13.3 Å². The van der Waals surface area contributed by atoms with E-state index in [1.165, 1.54) is 11.3 Å². The number of aryl methyl sites for hydroxylation is 1. The Morgan fingerprint density at radius 1 is 1.56 bits per heavy atom. The molecule has 0 atom stereocenters. The molecule has 0 saturated carbocycles. The molecular weight excluding hydrogens is 226 g/mol. The minimum Gasteiger partial charge on any atom is -0.354 e. The number of rotatable bonds is 1. The van der Waals surface area contributed by atoms with Crippen LogP contribution in [0.4, 0.5) is 0 Å². The van der Waals surface area contributed by atoms with Crippen molar-refractivity contribution >= 4 is 23.2 Å². The van der Waals surface area contributed by atoms with E-state index >= 15 is 0 Å². The standard InChI is InChI=1S/C10H13N3O2S/c1-7-9(16-6-12-7)10(15)13-4-2-8(14)11-3-5-13/h6H,2-5H2,1H3,(H,11,14). The molecule has 6 heteroatoms. The zero-order chi connectivity index (χ0) is 11.5. The van der Waals surface area contributed by atoms with Gasteiger partial charge in [0.2, 0.25) is 5.91 Å². The fraction of sp³-hybridized carbons (Fsp3) is 0.500. The summed E-state index contributed by atoms with van der Waals surface area (Å²) in [6.45, 7) is 3.41. The molecule has 16 heavy (non-hydrogen) atoms. The van der Waals surface area contributed by atoms with Crippen LogP contribution < -0.4 is 5.32 Å². The minimum atomic E-state index is -0.0171. The highest BCUT2D eigenvalue weighted by Crippen LogP contribution is 2.15. The first-order chi connectivity index (χ1) is 7.68. The molecular formula is C10H13N3O2S. The van der Waals surface area contributed by atoms with Crippen LogP contribution in [0.2, 0.25) is 0 Å². The average molecular weight is 239 g/mol. The summed E-state index contributed by atoms with van der Waals surface area (Å²) in [5.74, 6) is -0.00664. The highest BCUT2D eigenvalue weighted by molar-refractivity contribution is 7.11. The Morgan fingerprint density at radius 2 is 2.38 bits per heavy atom. The maximum atomic E-state index is 12.1. The Hall–Kier alpha value is -1.43. The molecule has 2 amide bonds. The second-order valence-corrected chi connectivity index (χ2v) is 4.51. The van der Waals surface area contributed by atoms with Crippen molar-refractivity contribution in [2.75, 3.05) is 19.6 Å². The summed E-state index contributed by atoms with van der Waals surface area (Å²) < 4.78 is 0. The molecule has 0 radical (unpaired) electrons. The number of aromatic nitrogens is 1. The van der Waals surface area contributed by atoms with Gasteiger partial charge in [0.1, 0.15) is 4.88 Å². The number of thiazole rings is 1. The quantitative estimate of drug-likeness (QED) is 0.772. The topological polar surface area (TPSA) is 62.3 Å². The Bertz CT molecular complexity index is 416. The van der Waals surface area contributed by atoms with Crippen molar-refractivity contribution in [1.82, 2.24) is 15.2 Å². The molecule has 0 bridgehead atoms. The molecule has 86 valence electrons. The van der Waals surface area contributed by atoms with E-state index in [1.807, 2.05) is 6.92 Å². The molecule has 0 spiro atoms. The van der Waals surface area contributed by atoms with Gasteiger partial charge in [0.15, 0.2) is 0 Å². The average Bonchev–Trinajstić information content (AvgIpc) is 2.56. The molecule has 5 nitrogen and oxygen atoms in total. The predicted octanol–water partition coefficient (Wildman–Crippen LogP) is 0.414. The summed E-state index contributed by atoms with van der Waals surface area (Å²) in [6, 6.07) is 0. The van der Waals surface area contributed by atoms with E-state index in [2.05, 4.69) is 10.3 Å². The molecule has 0 unspecified atom stereocenters. The van der Waals surface area contributed by atoms with Crippen LogP contribution in [0, 0.1) is 6.92 Å². The fourth-order valence-electron chi connectivity index (χ4n) is 1.62. The first-order valence-electron chi connectivity index (χ1n) is 5.14. The summed E-state index contributed by atoms with van der Waals surface area (Å²) in [5, 5.41) is 2.74. The van der Waals surface area contributed by atoms with Crippen molar-refractivity contribution in [3.8, 4) is 0 Å². The molecule has 2 rings (SSSR count). The number of hydrogen-bond donors (Lipinski definition) is 1. The van der Waals surface area contributed by atoms with Gasteiger partial charge in [-0.2, -0.15) is 0 Å². The van der Waals surface area contributed by atoms with Crippen molar-refractivity contribution < 1.29 is 9.59 Å². The first kappa shape index (κ1) is 11.1. The maximum Gasteiger partial charge on any atom is 0.265 e. The van der Waals surface area contributed by atoms with Gasteiger partial charge in [-0.05, 0) is 6.92 Å². The number of amides is 2. The second kappa shape index (κ2) is 4.61. The van der Waals surface area contributed by atoms with Gasteiger partial charge in [-0.25, -0.2) is 4.98 Å². The van der Waals surface area contributed by atoms with E-state index in [-0.39, 0.29) is 11.8 Å². The molecule has 1 aromatic rings. The lowest BCUT2D eigenvalue weighted by atomic mass is 10.3. The number of carbonyl (C=O) groups is 2. The van der Waals surface area contributed by atoms with Crippen LogP contribution in [-0.4, -0.2) is 41.3 Å². The van der Waals surface area contributed by atoms with Crippen LogP contribution in [0.15, 0.2) is 5.51 Å². The van der Waals surface area contributed by atoms with E-state index in [0.717, 1.165) is 5.69 Å². The SMILES string of the molecule is Cc1ncsc1C(=O)N1CCNC(=O)CC1. The van der Waals surface area contributed by atoms with E-state index < -0.39 is 0 Å². The molecule has 1 fully saturated rings. The van der Waals surface area contributed by atoms with Gasteiger partial charge in [0.05, 0.1) is 11.2 Å². The van der Waals surface area contributed by atoms with Crippen LogP contribution >= 0.6 is 11.3 Å². The number of hydrogen-bond acceptors (Lipinski definition) is 4. The Balaban J connectivity index is 2.10. The lowest BCUT2D eigenvalue weighted by molar-refractivity contribution is -0.120. The minimum absolute atomic E-state index is 0.0105. The lowest BCUT2D eigenvalue weighted by Crippen LogP contribution is -2.34. The summed E-state index contributed by atoms with van der Waals surface area (Å²) in [5.41, 5.74) is 2.43. The second-order valence-electron chi connectivity index (χ2n) is 3.66. The van der Waals surface area contributed by atoms with Crippen molar-refractivity contribution in [2.24, 2.45) is 0 Å². The Morgan fingerprint density at radius 3 is 3.06 bits per heavy atom. The summed E-state index contributed by atoms with van der Waals surface area (Å²) in [7, 11) is 0. The van der Waals surface area contributed by atoms with Crippen LogP contribution in [0.1, 0.15) is 21.8 Å².